The summed E-state index contributed by atoms with van der Waals surface area (Å²) < 4.78 is 1.07. The van der Waals surface area contributed by atoms with Gasteiger partial charge in [-0.15, -0.1) is 0 Å². The van der Waals surface area contributed by atoms with Crippen LogP contribution in [0.15, 0.2) is 58.1 Å². The molecule has 3 rings (SSSR count). The summed E-state index contributed by atoms with van der Waals surface area (Å²) in [6.45, 7) is 2.61. The van der Waals surface area contributed by atoms with Gasteiger partial charge in [-0.1, -0.05) is 40.2 Å². The first-order chi connectivity index (χ1) is 13.5. The number of hydrazone groups is 1. The minimum absolute atomic E-state index is 0.00609. The number of non-ortho nitro benzene ring substituents is 1. The number of nitrogens with zero attached hydrogens (tertiary/aromatic N) is 3. The second-order valence-electron chi connectivity index (χ2n) is 6.76. The van der Waals surface area contributed by atoms with Crippen molar-refractivity contribution in [1.29, 1.82) is 0 Å². The van der Waals surface area contributed by atoms with E-state index < -0.39 is 4.92 Å². The Labute approximate surface area is 171 Å². The van der Waals surface area contributed by atoms with Crippen LogP contribution < -0.4 is 5.43 Å². The molecule has 146 valence electrons. The molecule has 1 aliphatic rings. The van der Waals surface area contributed by atoms with E-state index in [4.69, 9.17) is 0 Å². The Kier molecular flexibility index (Phi) is 6.89. The van der Waals surface area contributed by atoms with Gasteiger partial charge in [0.05, 0.1) is 11.1 Å². The normalized spacial score (nSPS) is 15.6. The molecule has 1 amide bonds. The lowest BCUT2D eigenvalue weighted by Gasteiger charge is -2.30. The van der Waals surface area contributed by atoms with E-state index >= 15 is 0 Å². The van der Waals surface area contributed by atoms with Gasteiger partial charge in [-0.3, -0.25) is 19.8 Å². The van der Waals surface area contributed by atoms with Crippen LogP contribution in [0.3, 0.4) is 0 Å². The largest absolute Gasteiger partial charge is 0.299 e. The molecule has 0 aliphatic carbocycles. The van der Waals surface area contributed by atoms with Crippen molar-refractivity contribution in [1.82, 2.24) is 10.3 Å². The van der Waals surface area contributed by atoms with Crippen molar-refractivity contribution >= 4 is 33.7 Å². The van der Waals surface area contributed by atoms with E-state index in [1.165, 1.54) is 23.9 Å². The first kappa shape index (κ1) is 20.2. The maximum atomic E-state index is 12.3. The number of hydrogen-bond donors (Lipinski definition) is 1. The number of hydrogen-bond acceptors (Lipinski definition) is 5. The standard InChI is InChI=1S/C20H21BrN4O3/c21-18-6-4-15(5-7-18)14-24-10-8-17(9-11-24)20(26)23-22-13-16-2-1-3-19(12-16)25(27)28/h1-7,12-13,17H,8-11,14H2,(H,23,26)/b22-13+. The summed E-state index contributed by atoms with van der Waals surface area (Å²) in [5, 5.41) is 14.7. The Morgan fingerprint density at radius 3 is 2.64 bits per heavy atom. The second kappa shape index (κ2) is 9.57. The first-order valence-electron chi connectivity index (χ1n) is 9.05. The molecule has 1 N–H and O–H groups in total. The Hall–Kier alpha value is -2.58. The van der Waals surface area contributed by atoms with Gasteiger partial charge in [0.25, 0.3) is 5.69 Å². The molecule has 0 bridgehead atoms. The van der Waals surface area contributed by atoms with E-state index in [-0.39, 0.29) is 17.5 Å². The molecule has 28 heavy (non-hydrogen) atoms. The SMILES string of the molecule is O=C(N/N=C/c1cccc([N+](=O)[O-])c1)C1CCN(Cc2ccc(Br)cc2)CC1. The fraction of sp³-hybridized carbons (Fsp3) is 0.300. The van der Waals surface area contributed by atoms with Crippen LogP contribution in [0.4, 0.5) is 5.69 Å². The molecule has 1 aliphatic heterocycles. The molecule has 2 aromatic rings. The van der Waals surface area contributed by atoms with Gasteiger partial charge in [0.2, 0.25) is 5.91 Å². The number of amides is 1. The predicted octanol–water partition coefficient (Wildman–Crippen LogP) is 3.72. The van der Waals surface area contributed by atoms with Gasteiger partial charge < -0.3 is 0 Å². The third kappa shape index (κ3) is 5.71. The molecule has 0 atom stereocenters. The highest BCUT2D eigenvalue weighted by atomic mass is 79.9. The Morgan fingerprint density at radius 1 is 1.25 bits per heavy atom. The zero-order valence-corrected chi connectivity index (χ0v) is 16.8. The van der Waals surface area contributed by atoms with Crippen LogP contribution in [-0.2, 0) is 11.3 Å². The Balaban J connectivity index is 1.45. The molecule has 8 heteroatoms. The van der Waals surface area contributed by atoms with Crippen LogP contribution in [0.25, 0.3) is 0 Å². The lowest BCUT2D eigenvalue weighted by atomic mass is 9.96. The van der Waals surface area contributed by atoms with Gasteiger partial charge >= 0.3 is 0 Å². The van der Waals surface area contributed by atoms with Crippen molar-refractivity contribution in [3.63, 3.8) is 0 Å². The average Bonchev–Trinajstić information content (AvgIpc) is 2.70. The van der Waals surface area contributed by atoms with E-state index in [9.17, 15) is 14.9 Å². The number of halogens is 1. The van der Waals surface area contributed by atoms with E-state index in [2.05, 4.69) is 43.5 Å². The number of benzene rings is 2. The van der Waals surface area contributed by atoms with Gasteiger partial charge in [0.15, 0.2) is 0 Å². The van der Waals surface area contributed by atoms with Crippen LogP contribution >= 0.6 is 15.9 Å². The molecule has 0 saturated carbocycles. The number of nitro benzene ring substituents is 1. The molecule has 1 saturated heterocycles. The van der Waals surface area contributed by atoms with E-state index in [0.29, 0.717) is 5.56 Å². The summed E-state index contributed by atoms with van der Waals surface area (Å²) in [7, 11) is 0. The molecule has 0 aromatic heterocycles. The molecular formula is C20H21BrN4O3. The van der Waals surface area contributed by atoms with Crippen LogP contribution in [0.1, 0.15) is 24.0 Å². The topological polar surface area (TPSA) is 87.8 Å². The van der Waals surface area contributed by atoms with E-state index in [0.717, 1.165) is 36.9 Å². The summed E-state index contributed by atoms with van der Waals surface area (Å²) in [5.74, 6) is -0.173. The molecule has 2 aromatic carbocycles. The van der Waals surface area contributed by atoms with E-state index in [1.807, 2.05) is 12.1 Å². The summed E-state index contributed by atoms with van der Waals surface area (Å²) >= 11 is 3.44. The molecular weight excluding hydrogens is 424 g/mol. The summed E-state index contributed by atoms with van der Waals surface area (Å²) in [4.78, 5) is 25.0. The van der Waals surface area contributed by atoms with Crippen molar-refractivity contribution in [2.75, 3.05) is 13.1 Å². The van der Waals surface area contributed by atoms with Crippen molar-refractivity contribution in [2.24, 2.45) is 11.0 Å². The maximum absolute atomic E-state index is 12.3. The van der Waals surface area contributed by atoms with Gasteiger partial charge in [-0.05, 0) is 43.6 Å². The van der Waals surface area contributed by atoms with Gasteiger partial charge in [-0.25, -0.2) is 5.43 Å². The first-order valence-corrected chi connectivity index (χ1v) is 9.85. The smallest absolute Gasteiger partial charge is 0.270 e. The molecule has 7 nitrogen and oxygen atoms in total. The quantitative estimate of drug-likeness (QED) is 0.417. The van der Waals surface area contributed by atoms with Crippen molar-refractivity contribution in [3.8, 4) is 0 Å². The molecule has 0 unspecified atom stereocenters. The van der Waals surface area contributed by atoms with E-state index in [1.54, 1.807) is 12.1 Å². The summed E-state index contributed by atoms with van der Waals surface area (Å²) in [6, 6.07) is 14.4. The third-order valence-electron chi connectivity index (χ3n) is 4.75. The zero-order valence-electron chi connectivity index (χ0n) is 15.3. The van der Waals surface area contributed by atoms with Gasteiger partial charge in [0, 0.05) is 34.6 Å². The monoisotopic (exact) mass is 444 g/mol. The van der Waals surface area contributed by atoms with Crippen LogP contribution in [0, 0.1) is 16.0 Å². The van der Waals surface area contributed by atoms with Crippen LogP contribution in [0.2, 0.25) is 0 Å². The number of rotatable bonds is 6. The van der Waals surface area contributed by atoms with Crippen molar-refractivity contribution < 1.29 is 9.72 Å². The lowest BCUT2D eigenvalue weighted by molar-refractivity contribution is -0.384. The molecule has 0 spiro atoms. The number of carbonyl (C=O) groups excluding carboxylic acids is 1. The molecule has 0 radical (unpaired) electrons. The predicted molar refractivity (Wildman–Crippen MR) is 111 cm³/mol. The van der Waals surface area contributed by atoms with Gasteiger partial charge in [0.1, 0.15) is 0 Å². The third-order valence-corrected chi connectivity index (χ3v) is 5.28. The van der Waals surface area contributed by atoms with Crippen LogP contribution in [-0.4, -0.2) is 35.0 Å². The maximum Gasteiger partial charge on any atom is 0.270 e. The highest BCUT2D eigenvalue weighted by molar-refractivity contribution is 9.10. The van der Waals surface area contributed by atoms with Gasteiger partial charge in [-0.2, -0.15) is 5.10 Å². The minimum Gasteiger partial charge on any atom is -0.299 e. The Bertz CT molecular complexity index is 862. The lowest BCUT2D eigenvalue weighted by Crippen LogP contribution is -2.39. The number of nitro groups is 1. The molecule has 1 fully saturated rings. The summed E-state index contributed by atoms with van der Waals surface area (Å²) in [6.07, 6.45) is 3.00. The minimum atomic E-state index is -0.460. The Morgan fingerprint density at radius 2 is 1.96 bits per heavy atom. The van der Waals surface area contributed by atoms with Crippen LogP contribution in [0.5, 0.6) is 0 Å². The van der Waals surface area contributed by atoms with Crippen molar-refractivity contribution in [2.45, 2.75) is 19.4 Å². The fourth-order valence-electron chi connectivity index (χ4n) is 3.18. The number of piperidine rings is 1. The molecule has 1 heterocycles. The summed E-state index contributed by atoms with van der Waals surface area (Å²) in [5.41, 5.74) is 4.38. The second-order valence-corrected chi connectivity index (χ2v) is 7.68. The highest BCUT2D eigenvalue weighted by Gasteiger charge is 2.24. The average molecular weight is 445 g/mol. The number of carbonyl (C=O) groups is 1. The zero-order chi connectivity index (χ0) is 19.9. The highest BCUT2D eigenvalue weighted by Crippen LogP contribution is 2.20. The number of nitrogens with one attached hydrogen (secondary N) is 1. The van der Waals surface area contributed by atoms with Crippen molar-refractivity contribution in [3.05, 3.63) is 74.2 Å². The number of likely N-dealkylation sites (tertiary alicyclic amines) is 1. The fourth-order valence-corrected chi connectivity index (χ4v) is 3.45.